The van der Waals surface area contributed by atoms with Gasteiger partial charge in [0.2, 0.25) is 0 Å². The molecule has 16 heavy (non-hydrogen) atoms. The summed E-state index contributed by atoms with van der Waals surface area (Å²) in [6, 6.07) is 4.31. The third kappa shape index (κ3) is 1.81. The maximum atomic E-state index is 4.24. The van der Waals surface area contributed by atoms with Crippen molar-refractivity contribution in [2.24, 2.45) is 0 Å². The average Bonchev–Trinajstić information content (AvgIpc) is 2.77. The topological polar surface area (TPSA) is 46.8 Å². The smallest absolute Gasteiger partial charge is 0.142 e. The Balaban J connectivity index is 1.55. The minimum absolute atomic E-state index is 0.513. The first kappa shape index (κ1) is 9.47. The van der Waals surface area contributed by atoms with Crippen LogP contribution in [0.25, 0.3) is 0 Å². The van der Waals surface area contributed by atoms with Crippen LogP contribution in [0.4, 0.5) is 0 Å². The molecule has 0 bridgehead atoms. The molecule has 82 valence electrons. The van der Waals surface area contributed by atoms with Crippen LogP contribution in [-0.2, 0) is 6.54 Å². The zero-order valence-electron chi connectivity index (χ0n) is 8.90. The number of nitrogens with zero attached hydrogens (tertiary/aromatic N) is 5. The third-order valence-corrected chi connectivity index (χ3v) is 2.82. The largest absolute Gasteiger partial charge is 0.292 e. The van der Waals surface area contributed by atoms with E-state index in [0.717, 1.165) is 25.5 Å². The van der Waals surface area contributed by atoms with Gasteiger partial charge in [-0.25, -0.2) is 9.97 Å². The molecule has 1 aliphatic heterocycles. The lowest BCUT2D eigenvalue weighted by Crippen LogP contribution is -2.47. The van der Waals surface area contributed by atoms with E-state index in [4.69, 9.17) is 0 Å². The van der Waals surface area contributed by atoms with Gasteiger partial charge in [-0.05, 0) is 12.1 Å². The van der Waals surface area contributed by atoms with Crippen molar-refractivity contribution in [3.8, 4) is 0 Å². The summed E-state index contributed by atoms with van der Waals surface area (Å²) in [6.45, 7) is 2.89. The first-order valence-corrected chi connectivity index (χ1v) is 5.39. The number of rotatable bonds is 3. The fourth-order valence-corrected chi connectivity index (χ4v) is 1.95. The highest BCUT2D eigenvalue weighted by molar-refractivity contribution is 4.94. The van der Waals surface area contributed by atoms with Crippen LogP contribution in [-0.4, -0.2) is 37.7 Å². The summed E-state index contributed by atoms with van der Waals surface area (Å²) in [5.74, 6) is 0.890. The van der Waals surface area contributed by atoms with Crippen LogP contribution in [0.2, 0.25) is 0 Å². The monoisotopic (exact) mass is 215 g/mol. The molecule has 0 aliphatic carbocycles. The van der Waals surface area contributed by atoms with E-state index in [2.05, 4.69) is 20.0 Å². The molecule has 0 unspecified atom stereocenters. The molecular weight excluding hydrogens is 202 g/mol. The molecule has 2 aromatic heterocycles. The van der Waals surface area contributed by atoms with Crippen molar-refractivity contribution in [1.82, 2.24) is 24.6 Å². The molecule has 0 amide bonds. The number of hydrogen-bond acceptors (Lipinski definition) is 4. The van der Waals surface area contributed by atoms with Crippen molar-refractivity contribution >= 4 is 0 Å². The second-order valence-electron chi connectivity index (χ2n) is 4.00. The number of likely N-dealkylation sites (tertiary alicyclic amines) is 1. The second kappa shape index (κ2) is 4.02. The van der Waals surface area contributed by atoms with Gasteiger partial charge in [-0.3, -0.25) is 9.58 Å². The van der Waals surface area contributed by atoms with E-state index in [0.29, 0.717) is 6.04 Å². The van der Waals surface area contributed by atoms with E-state index in [1.165, 1.54) is 0 Å². The van der Waals surface area contributed by atoms with E-state index < -0.39 is 0 Å². The highest BCUT2D eigenvalue weighted by Gasteiger charge is 2.28. The predicted octanol–water partition coefficient (Wildman–Crippen LogP) is 0.730. The first-order chi connectivity index (χ1) is 7.92. The molecule has 1 fully saturated rings. The Labute approximate surface area is 93.7 Å². The van der Waals surface area contributed by atoms with E-state index in [9.17, 15) is 0 Å². The zero-order valence-corrected chi connectivity index (χ0v) is 8.90. The van der Waals surface area contributed by atoms with Crippen molar-refractivity contribution in [2.75, 3.05) is 13.1 Å². The first-order valence-electron chi connectivity index (χ1n) is 5.39. The summed E-state index contributed by atoms with van der Waals surface area (Å²) in [7, 11) is 0. The van der Waals surface area contributed by atoms with Crippen LogP contribution >= 0.6 is 0 Å². The SMILES string of the molecule is c1cnc(CN2CC(n3cccn3)C2)nc1. The van der Waals surface area contributed by atoms with Crippen molar-refractivity contribution in [1.29, 1.82) is 0 Å². The highest BCUT2D eigenvalue weighted by atomic mass is 15.4. The normalized spacial score (nSPS) is 17.2. The van der Waals surface area contributed by atoms with Gasteiger partial charge < -0.3 is 0 Å². The summed E-state index contributed by atoms with van der Waals surface area (Å²) in [4.78, 5) is 10.7. The summed E-state index contributed by atoms with van der Waals surface area (Å²) < 4.78 is 2.02. The lowest BCUT2D eigenvalue weighted by atomic mass is 10.1. The van der Waals surface area contributed by atoms with Gasteiger partial charge in [0, 0.05) is 37.9 Å². The van der Waals surface area contributed by atoms with Crippen molar-refractivity contribution in [3.05, 3.63) is 42.7 Å². The summed E-state index contributed by atoms with van der Waals surface area (Å²) in [5.41, 5.74) is 0. The molecule has 5 nitrogen and oxygen atoms in total. The number of hydrogen-bond donors (Lipinski definition) is 0. The molecule has 0 saturated carbocycles. The van der Waals surface area contributed by atoms with Gasteiger partial charge in [-0.1, -0.05) is 0 Å². The van der Waals surface area contributed by atoms with Crippen molar-refractivity contribution < 1.29 is 0 Å². The van der Waals surface area contributed by atoms with Gasteiger partial charge in [-0.15, -0.1) is 0 Å². The molecule has 3 heterocycles. The molecule has 5 heteroatoms. The Kier molecular flexibility index (Phi) is 2.38. The lowest BCUT2D eigenvalue weighted by Gasteiger charge is -2.38. The van der Waals surface area contributed by atoms with E-state index in [1.54, 1.807) is 12.4 Å². The van der Waals surface area contributed by atoms with Gasteiger partial charge >= 0.3 is 0 Å². The molecule has 0 radical (unpaired) electrons. The van der Waals surface area contributed by atoms with Gasteiger partial charge in [0.25, 0.3) is 0 Å². The van der Waals surface area contributed by atoms with Crippen LogP contribution in [0, 0.1) is 0 Å². The second-order valence-corrected chi connectivity index (χ2v) is 4.00. The fourth-order valence-electron chi connectivity index (χ4n) is 1.95. The Morgan fingerprint density at radius 3 is 2.62 bits per heavy atom. The fraction of sp³-hybridized carbons (Fsp3) is 0.364. The van der Waals surface area contributed by atoms with Gasteiger partial charge in [0.15, 0.2) is 0 Å². The standard InChI is InChI=1S/C11H13N5/c1-3-12-11(13-4-1)9-15-7-10(8-15)16-6-2-5-14-16/h1-6,10H,7-9H2. The molecule has 0 atom stereocenters. The summed E-state index contributed by atoms with van der Waals surface area (Å²) in [5, 5.41) is 4.24. The highest BCUT2D eigenvalue weighted by Crippen LogP contribution is 2.20. The predicted molar refractivity (Wildman–Crippen MR) is 58.6 cm³/mol. The quantitative estimate of drug-likeness (QED) is 0.757. The van der Waals surface area contributed by atoms with Crippen LogP contribution in [0.1, 0.15) is 11.9 Å². The number of aromatic nitrogens is 4. The third-order valence-electron chi connectivity index (χ3n) is 2.82. The molecule has 1 aliphatic rings. The van der Waals surface area contributed by atoms with E-state index >= 15 is 0 Å². The maximum absolute atomic E-state index is 4.24. The van der Waals surface area contributed by atoms with Gasteiger partial charge in [-0.2, -0.15) is 5.10 Å². The zero-order chi connectivity index (χ0) is 10.8. The summed E-state index contributed by atoms with van der Waals surface area (Å²) >= 11 is 0. The van der Waals surface area contributed by atoms with Crippen molar-refractivity contribution in [3.63, 3.8) is 0 Å². The molecule has 0 N–H and O–H groups in total. The van der Waals surface area contributed by atoms with Gasteiger partial charge in [0.1, 0.15) is 5.82 Å². The van der Waals surface area contributed by atoms with Crippen LogP contribution in [0.15, 0.2) is 36.9 Å². The lowest BCUT2D eigenvalue weighted by molar-refractivity contribution is 0.0881. The average molecular weight is 215 g/mol. The Hall–Kier alpha value is -1.75. The molecular formula is C11H13N5. The van der Waals surface area contributed by atoms with Crippen LogP contribution in [0.5, 0.6) is 0 Å². The van der Waals surface area contributed by atoms with Crippen molar-refractivity contribution in [2.45, 2.75) is 12.6 Å². The molecule has 2 aromatic rings. The minimum atomic E-state index is 0.513. The molecule has 1 saturated heterocycles. The van der Waals surface area contributed by atoms with E-state index in [-0.39, 0.29) is 0 Å². The summed E-state index contributed by atoms with van der Waals surface area (Å²) in [6.07, 6.45) is 7.41. The maximum Gasteiger partial charge on any atom is 0.142 e. The Bertz CT molecular complexity index is 433. The molecule has 3 rings (SSSR count). The molecule has 0 spiro atoms. The minimum Gasteiger partial charge on any atom is -0.292 e. The Morgan fingerprint density at radius 1 is 1.12 bits per heavy atom. The van der Waals surface area contributed by atoms with Crippen LogP contribution < -0.4 is 0 Å². The van der Waals surface area contributed by atoms with Crippen LogP contribution in [0.3, 0.4) is 0 Å². The Morgan fingerprint density at radius 2 is 1.94 bits per heavy atom. The van der Waals surface area contributed by atoms with E-state index in [1.807, 2.05) is 29.2 Å². The molecule has 0 aromatic carbocycles. The van der Waals surface area contributed by atoms with Gasteiger partial charge in [0.05, 0.1) is 12.6 Å².